The number of hydrogen-bond donors (Lipinski definition) is 1. The quantitative estimate of drug-likeness (QED) is 0.689. The number of carbonyl (C=O) groups excluding carboxylic acids is 1. The van der Waals surface area contributed by atoms with E-state index in [9.17, 15) is 28.1 Å². The Morgan fingerprint density at radius 3 is 2.50 bits per heavy atom. The lowest BCUT2D eigenvalue weighted by Gasteiger charge is -2.29. The highest BCUT2D eigenvalue weighted by Crippen LogP contribution is 2.44. The van der Waals surface area contributed by atoms with E-state index in [2.05, 4.69) is 5.43 Å². The molecule has 1 saturated heterocycles. The summed E-state index contributed by atoms with van der Waals surface area (Å²) >= 11 is 0. The molecule has 9 heteroatoms. The molecule has 1 N–H and O–H groups in total. The number of carbonyl (C=O) groups is 1. The van der Waals surface area contributed by atoms with E-state index in [0.717, 1.165) is 11.1 Å². The zero-order chi connectivity index (χ0) is 17.5. The summed E-state index contributed by atoms with van der Waals surface area (Å²) in [6, 6.07) is 6.33. The van der Waals surface area contributed by atoms with Crippen molar-refractivity contribution in [2.45, 2.75) is 18.6 Å². The van der Waals surface area contributed by atoms with Gasteiger partial charge in [0.2, 0.25) is 5.91 Å². The standard InChI is InChI=1S/C15H12F3N3O3/c16-15(17,18)14(20-8-7-12(22)19-20)13-10-4-2-1-3-9(10)5-6-11(13)21(23)24/h1-6,14H,7-8H2,(H,19,22)/t14-/m0/s1. The fourth-order valence-electron chi connectivity index (χ4n) is 2.91. The van der Waals surface area contributed by atoms with E-state index in [1.165, 1.54) is 18.2 Å². The summed E-state index contributed by atoms with van der Waals surface area (Å²) < 4.78 is 41.2. The van der Waals surface area contributed by atoms with Crippen molar-refractivity contribution in [3.8, 4) is 0 Å². The Bertz CT molecular complexity index is 822. The molecule has 0 aliphatic carbocycles. The molecule has 0 radical (unpaired) electrons. The molecule has 126 valence electrons. The zero-order valence-corrected chi connectivity index (χ0v) is 12.2. The normalized spacial score (nSPS) is 17.0. The van der Waals surface area contributed by atoms with E-state index in [1.54, 1.807) is 12.1 Å². The Balaban J connectivity index is 2.28. The summed E-state index contributed by atoms with van der Waals surface area (Å²) in [5.41, 5.74) is 1.05. The summed E-state index contributed by atoms with van der Waals surface area (Å²) in [5.74, 6) is -0.549. The predicted octanol–water partition coefficient (Wildman–Crippen LogP) is 3.09. The van der Waals surface area contributed by atoms with Gasteiger partial charge in [-0.15, -0.1) is 0 Å². The molecule has 1 heterocycles. The maximum Gasteiger partial charge on any atom is 0.410 e. The second kappa shape index (κ2) is 5.75. The van der Waals surface area contributed by atoms with Gasteiger partial charge in [-0.2, -0.15) is 13.2 Å². The van der Waals surface area contributed by atoms with Crippen LogP contribution in [0.25, 0.3) is 10.8 Å². The topological polar surface area (TPSA) is 75.5 Å². The number of rotatable bonds is 3. The monoisotopic (exact) mass is 339 g/mol. The third-order valence-corrected chi connectivity index (χ3v) is 3.89. The van der Waals surface area contributed by atoms with Gasteiger partial charge in [0, 0.05) is 19.0 Å². The number of hydrogen-bond acceptors (Lipinski definition) is 4. The number of benzene rings is 2. The minimum Gasteiger partial charge on any atom is -0.288 e. The van der Waals surface area contributed by atoms with Crippen LogP contribution in [0.2, 0.25) is 0 Å². The number of alkyl halides is 3. The van der Waals surface area contributed by atoms with Gasteiger partial charge in [-0.25, -0.2) is 5.01 Å². The maximum absolute atomic E-state index is 13.7. The van der Waals surface area contributed by atoms with Gasteiger partial charge in [0.1, 0.15) is 0 Å². The summed E-state index contributed by atoms with van der Waals surface area (Å²) in [4.78, 5) is 21.8. The molecule has 24 heavy (non-hydrogen) atoms. The van der Waals surface area contributed by atoms with Crippen molar-refractivity contribution in [1.29, 1.82) is 0 Å². The van der Waals surface area contributed by atoms with Gasteiger partial charge in [0.25, 0.3) is 5.69 Å². The van der Waals surface area contributed by atoms with Gasteiger partial charge in [-0.1, -0.05) is 24.3 Å². The summed E-state index contributed by atoms with van der Waals surface area (Å²) in [7, 11) is 0. The lowest BCUT2D eigenvalue weighted by atomic mass is 9.96. The number of hydrazine groups is 1. The fourth-order valence-corrected chi connectivity index (χ4v) is 2.91. The SMILES string of the molecule is O=C1CCN([C@@H](c2c([N+](=O)[O-])ccc3ccccc23)C(F)(F)F)N1. The van der Waals surface area contributed by atoms with Crippen LogP contribution < -0.4 is 5.43 Å². The van der Waals surface area contributed by atoms with Gasteiger partial charge in [-0.3, -0.25) is 20.3 Å². The highest BCUT2D eigenvalue weighted by molar-refractivity contribution is 5.89. The molecule has 0 unspecified atom stereocenters. The van der Waals surface area contributed by atoms with E-state index in [1.807, 2.05) is 0 Å². The number of nitrogens with one attached hydrogen (secondary N) is 1. The van der Waals surface area contributed by atoms with Crippen molar-refractivity contribution in [3.05, 3.63) is 52.1 Å². The van der Waals surface area contributed by atoms with Crippen molar-refractivity contribution < 1.29 is 22.9 Å². The second-order valence-electron chi connectivity index (χ2n) is 5.40. The molecule has 0 aromatic heterocycles. The number of nitro groups is 1. The highest BCUT2D eigenvalue weighted by atomic mass is 19.4. The van der Waals surface area contributed by atoms with E-state index in [-0.39, 0.29) is 18.4 Å². The Morgan fingerprint density at radius 2 is 1.92 bits per heavy atom. The van der Waals surface area contributed by atoms with Gasteiger partial charge >= 0.3 is 6.18 Å². The van der Waals surface area contributed by atoms with Crippen molar-refractivity contribution in [3.63, 3.8) is 0 Å². The first-order valence-corrected chi connectivity index (χ1v) is 7.08. The van der Waals surface area contributed by atoms with E-state index in [0.29, 0.717) is 5.39 Å². The van der Waals surface area contributed by atoms with Crippen molar-refractivity contribution >= 4 is 22.4 Å². The molecule has 0 saturated carbocycles. The first-order valence-electron chi connectivity index (χ1n) is 7.08. The maximum atomic E-state index is 13.7. The van der Waals surface area contributed by atoms with E-state index in [4.69, 9.17) is 0 Å². The molecule has 1 aliphatic rings. The van der Waals surface area contributed by atoms with Crippen LogP contribution in [-0.2, 0) is 4.79 Å². The van der Waals surface area contributed by atoms with Crippen molar-refractivity contribution in [1.82, 2.24) is 10.4 Å². The molecule has 0 spiro atoms. The number of amides is 1. The Kier molecular flexibility index (Phi) is 3.88. The van der Waals surface area contributed by atoms with E-state index >= 15 is 0 Å². The molecule has 1 amide bonds. The Labute approximate surface area is 134 Å². The predicted molar refractivity (Wildman–Crippen MR) is 78.9 cm³/mol. The number of halogens is 3. The minimum atomic E-state index is -4.80. The smallest absolute Gasteiger partial charge is 0.288 e. The van der Waals surface area contributed by atoms with Crippen LogP contribution in [0.3, 0.4) is 0 Å². The van der Waals surface area contributed by atoms with Crippen LogP contribution in [0.5, 0.6) is 0 Å². The molecule has 0 bridgehead atoms. The average molecular weight is 339 g/mol. The molecule has 1 fully saturated rings. The summed E-state index contributed by atoms with van der Waals surface area (Å²) in [6.45, 7) is -0.177. The zero-order valence-electron chi connectivity index (χ0n) is 12.2. The van der Waals surface area contributed by atoms with Crippen LogP contribution in [-0.4, -0.2) is 28.6 Å². The van der Waals surface area contributed by atoms with Gasteiger partial charge < -0.3 is 0 Å². The molecular formula is C15H12F3N3O3. The van der Waals surface area contributed by atoms with Gasteiger partial charge in [-0.05, 0) is 16.8 Å². The minimum absolute atomic E-state index is 0.0921. The third-order valence-electron chi connectivity index (χ3n) is 3.89. The van der Waals surface area contributed by atoms with Gasteiger partial charge in [0.15, 0.2) is 6.04 Å². The van der Waals surface area contributed by atoms with Crippen LogP contribution in [0.4, 0.5) is 18.9 Å². The molecule has 1 atom stereocenters. The van der Waals surface area contributed by atoms with Crippen molar-refractivity contribution in [2.75, 3.05) is 6.54 Å². The lowest BCUT2D eigenvalue weighted by molar-refractivity contribution is -0.386. The Hall–Kier alpha value is -2.68. The van der Waals surface area contributed by atoms with E-state index < -0.39 is 34.3 Å². The highest BCUT2D eigenvalue weighted by Gasteiger charge is 2.50. The molecule has 3 rings (SSSR count). The van der Waals surface area contributed by atoms with Crippen LogP contribution in [0, 0.1) is 10.1 Å². The average Bonchev–Trinajstić information content (AvgIpc) is 2.92. The summed E-state index contributed by atoms with van der Waals surface area (Å²) in [6.07, 6.45) is -4.89. The number of nitrogens with zero attached hydrogens (tertiary/aromatic N) is 2. The van der Waals surface area contributed by atoms with Crippen molar-refractivity contribution in [2.24, 2.45) is 0 Å². The second-order valence-corrected chi connectivity index (χ2v) is 5.40. The fraction of sp³-hybridized carbons (Fsp3) is 0.267. The van der Waals surface area contributed by atoms with Crippen LogP contribution in [0.15, 0.2) is 36.4 Å². The van der Waals surface area contributed by atoms with Crippen LogP contribution in [0.1, 0.15) is 18.0 Å². The molecule has 2 aromatic rings. The third kappa shape index (κ3) is 2.78. The largest absolute Gasteiger partial charge is 0.410 e. The number of fused-ring (bicyclic) bond motifs is 1. The van der Waals surface area contributed by atoms with Crippen LogP contribution >= 0.6 is 0 Å². The molecule has 1 aliphatic heterocycles. The first kappa shape index (κ1) is 16.2. The molecule has 6 nitrogen and oxygen atoms in total. The first-order chi connectivity index (χ1) is 11.3. The van der Waals surface area contributed by atoms with Gasteiger partial charge in [0.05, 0.1) is 10.5 Å². The molecule has 2 aromatic carbocycles. The Morgan fingerprint density at radius 1 is 1.21 bits per heavy atom. The summed E-state index contributed by atoms with van der Waals surface area (Å²) in [5, 5.41) is 12.6. The molecular weight excluding hydrogens is 327 g/mol. The number of nitro benzene ring substituents is 1. The lowest BCUT2D eigenvalue weighted by Crippen LogP contribution is -2.44.